The molecule has 2 saturated heterocycles. The van der Waals surface area contributed by atoms with Gasteiger partial charge in [0.1, 0.15) is 0 Å². The number of nitrogens with zero attached hydrogens (tertiary/aromatic N) is 2. The van der Waals surface area contributed by atoms with Gasteiger partial charge in [-0.15, -0.1) is 23.1 Å². The van der Waals surface area contributed by atoms with E-state index in [1.807, 2.05) is 29.8 Å². The van der Waals surface area contributed by atoms with Gasteiger partial charge < -0.3 is 4.74 Å². The molecule has 2 aromatic rings. The van der Waals surface area contributed by atoms with E-state index in [0.29, 0.717) is 17.5 Å². The number of hydrogen-bond acceptors (Lipinski definition) is 5. The Bertz CT molecular complexity index is 652. The van der Waals surface area contributed by atoms with E-state index in [4.69, 9.17) is 4.74 Å². The van der Waals surface area contributed by atoms with Crippen molar-refractivity contribution in [3.8, 4) is 0 Å². The Labute approximate surface area is 146 Å². The predicted octanol–water partition coefficient (Wildman–Crippen LogP) is 3.73. The minimum absolute atomic E-state index is 0.394. The lowest BCUT2D eigenvalue weighted by molar-refractivity contribution is 0.0265. The van der Waals surface area contributed by atoms with Crippen molar-refractivity contribution in [3.05, 3.63) is 52.0 Å². The lowest BCUT2D eigenvalue weighted by Crippen LogP contribution is -2.58. The zero-order valence-corrected chi connectivity index (χ0v) is 15.0. The van der Waals surface area contributed by atoms with E-state index in [9.17, 15) is 0 Å². The molecule has 0 aliphatic carbocycles. The Balaban J connectivity index is 1.24. The summed E-state index contributed by atoms with van der Waals surface area (Å²) in [5.41, 5.74) is 2.61. The van der Waals surface area contributed by atoms with Gasteiger partial charge in [-0.1, -0.05) is 6.07 Å². The third-order valence-electron chi connectivity index (χ3n) is 4.74. The Hall–Kier alpha value is -0.880. The smallest absolute Gasteiger partial charge is 0.0736 e. The highest BCUT2D eigenvalue weighted by Gasteiger charge is 2.49. The normalized spacial score (nSPS) is 23.3. The summed E-state index contributed by atoms with van der Waals surface area (Å²) in [7, 11) is 0. The van der Waals surface area contributed by atoms with Crippen LogP contribution < -0.4 is 0 Å². The summed E-state index contributed by atoms with van der Waals surface area (Å²) in [5.74, 6) is 1.13. The molecule has 1 atom stereocenters. The van der Waals surface area contributed by atoms with Gasteiger partial charge in [0.2, 0.25) is 0 Å². The average molecular weight is 347 g/mol. The molecule has 0 bridgehead atoms. The quantitative estimate of drug-likeness (QED) is 0.824. The van der Waals surface area contributed by atoms with Crippen LogP contribution in [-0.2, 0) is 17.9 Å². The van der Waals surface area contributed by atoms with Crippen LogP contribution in [0.25, 0.3) is 0 Å². The monoisotopic (exact) mass is 346 g/mol. The lowest BCUT2D eigenvalue weighted by Gasteiger charge is -2.47. The molecular weight excluding hydrogens is 324 g/mol. The van der Waals surface area contributed by atoms with Crippen LogP contribution in [0.4, 0.5) is 0 Å². The predicted molar refractivity (Wildman–Crippen MR) is 97.0 cm³/mol. The van der Waals surface area contributed by atoms with Gasteiger partial charge in [-0.25, -0.2) is 0 Å². The number of thioether (sulfide) groups is 1. The second-order valence-corrected chi connectivity index (χ2v) is 9.15. The maximum Gasteiger partial charge on any atom is 0.0736 e. The van der Waals surface area contributed by atoms with Crippen LogP contribution in [-0.4, -0.2) is 39.6 Å². The van der Waals surface area contributed by atoms with Crippen LogP contribution in [0.2, 0.25) is 0 Å². The molecule has 0 aromatic carbocycles. The number of aryl methyl sites for hydroxylation is 1. The van der Waals surface area contributed by atoms with Crippen LogP contribution in [0.1, 0.15) is 22.4 Å². The summed E-state index contributed by atoms with van der Waals surface area (Å²) >= 11 is 4.00. The Morgan fingerprint density at radius 3 is 3.04 bits per heavy atom. The molecule has 2 aromatic heterocycles. The summed E-state index contributed by atoms with van der Waals surface area (Å²) in [6.07, 6.45) is 5.29. The highest BCUT2D eigenvalue weighted by Crippen LogP contribution is 2.46. The molecule has 0 amide bonds. The summed E-state index contributed by atoms with van der Waals surface area (Å²) in [6.45, 7) is 6.44. The fourth-order valence-electron chi connectivity index (χ4n) is 3.48. The molecule has 5 heteroatoms. The number of ether oxygens (including phenoxy) is 1. The number of aromatic nitrogens is 1. The van der Waals surface area contributed by atoms with Crippen LogP contribution in [0.3, 0.4) is 0 Å². The minimum atomic E-state index is 0.394. The maximum atomic E-state index is 6.10. The summed E-state index contributed by atoms with van der Waals surface area (Å²) in [4.78, 5) is 8.25. The summed E-state index contributed by atoms with van der Waals surface area (Å²) in [5, 5.41) is 2.20. The Morgan fingerprint density at radius 2 is 2.30 bits per heavy atom. The van der Waals surface area contributed by atoms with Crippen molar-refractivity contribution in [1.29, 1.82) is 0 Å². The fourth-order valence-corrected chi connectivity index (χ4v) is 6.03. The number of hydrogen-bond donors (Lipinski definition) is 0. The Kier molecular flexibility index (Phi) is 4.46. The third-order valence-corrected chi connectivity index (χ3v) is 7.33. The molecule has 122 valence electrons. The van der Waals surface area contributed by atoms with Crippen molar-refractivity contribution in [3.63, 3.8) is 0 Å². The second-order valence-electron chi connectivity index (χ2n) is 6.66. The van der Waals surface area contributed by atoms with E-state index in [1.54, 1.807) is 0 Å². The first-order chi connectivity index (χ1) is 11.2. The van der Waals surface area contributed by atoms with Gasteiger partial charge in [0, 0.05) is 47.4 Å². The van der Waals surface area contributed by atoms with Crippen molar-refractivity contribution < 1.29 is 4.74 Å². The zero-order valence-electron chi connectivity index (χ0n) is 13.4. The van der Waals surface area contributed by atoms with Crippen molar-refractivity contribution in [2.45, 2.75) is 37.3 Å². The second kappa shape index (κ2) is 6.55. The highest BCUT2D eigenvalue weighted by atomic mass is 32.2. The molecule has 2 fully saturated rings. The first-order valence-electron chi connectivity index (χ1n) is 8.12. The van der Waals surface area contributed by atoms with E-state index < -0.39 is 0 Å². The third kappa shape index (κ3) is 3.48. The van der Waals surface area contributed by atoms with Crippen LogP contribution in [0, 0.1) is 6.92 Å². The summed E-state index contributed by atoms with van der Waals surface area (Å²) in [6, 6.07) is 6.28. The van der Waals surface area contributed by atoms with Gasteiger partial charge in [0.05, 0.1) is 12.7 Å². The van der Waals surface area contributed by atoms with E-state index in [-0.39, 0.29) is 0 Å². The lowest BCUT2D eigenvalue weighted by atomic mass is 9.93. The van der Waals surface area contributed by atoms with Crippen LogP contribution in [0.15, 0.2) is 36.0 Å². The number of rotatable bonds is 5. The van der Waals surface area contributed by atoms with E-state index >= 15 is 0 Å². The standard InChI is InChI=1S/C18H22N2OS2/c1-14-4-6-22-17(14)9-20-12-18(13-20)7-16(11-23-18)21-10-15-3-2-5-19-8-15/h2-6,8,16H,7,9-13H2,1H3. The van der Waals surface area contributed by atoms with Crippen molar-refractivity contribution in [2.24, 2.45) is 0 Å². The maximum absolute atomic E-state index is 6.10. The van der Waals surface area contributed by atoms with E-state index in [1.165, 1.54) is 35.5 Å². The highest BCUT2D eigenvalue weighted by molar-refractivity contribution is 8.01. The molecule has 0 N–H and O–H groups in total. The van der Waals surface area contributed by atoms with Gasteiger partial charge in [0.15, 0.2) is 0 Å². The van der Waals surface area contributed by atoms with Crippen LogP contribution in [0.5, 0.6) is 0 Å². The SMILES string of the molecule is Cc1ccsc1CN1CC2(CC(OCc3cccnc3)CS2)C1. The Morgan fingerprint density at radius 1 is 1.39 bits per heavy atom. The van der Waals surface area contributed by atoms with Gasteiger partial charge >= 0.3 is 0 Å². The molecule has 4 rings (SSSR count). The minimum Gasteiger partial charge on any atom is -0.373 e. The van der Waals surface area contributed by atoms with Crippen molar-refractivity contribution >= 4 is 23.1 Å². The van der Waals surface area contributed by atoms with Gasteiger partial charge in [-0.2, -0.15) is 0 Å². The topological polar surface area (TPSA) is 25.4 Å². The molecule has 0 saturated carbocycles. The molecule has 1 spiro atoms. The molecule has 4 heterocycles. The van der Waals surface area contributed by atoms with Gasteiger partial charge in [-0.05, 0) is 42.0 Å². The number of likely N-dealkylation sites (tertiary alicyclic amines) is 1. The average Bonchev–Trinajstić information content (AvgIpc) is 3.13. The van der Waals surface area contributed by atoms with Gasteiger partial charge in [0.25, 0.3) is 0 Å². The van der Waals surface area contributed by atoms with Crippen LogP contribution >= 0.6 is 23.1 Å². The molecule has 0 radical (unpaired) electrons. The zero-order chi connectivity index (χ0) is 15.7. The van der Waals surface area contributed by atoms with Crippen molar-refractivity contribution in [1.82, 2.24) is 9.88 Å². The van der Waals surface area contributed by atoms with Gasteiger partial charge in [-0.3, -0.25) is 9.88 Å². The molecule has 23 heavy (non-hydrogen) atoms. The van der Waals surface area contributed by atoms with E-state index in [2.05, 4.69) is 46.1 Å². The van der Waals surface area contributed by atoms with E-state index in [0.717, 1.165) is 12.3 Å². The summed E-state index contributed by atoms with van der Waals surface area (Å²) < 4.78 is 6.55. The molecule has 2 aliphatic rings. The first-order valence-corrected chi connectivity index (χ1v) is 9.99. The number of thiophene rings is 1. The molecule has 2 aliphatic heterocycles. The molecule has 3 nitrogen and oxygen atoms in total. The molecule has 1 unspecified atom stereocenters. The van der Waals surface area contributed by atoms with Crippen molar-refractivity contribution in [2.75, 3.05) is 18.8 Å². The first kappa shape index (κ1) is 15.6. The largest absolute Gasteiger partial charge is 0.373 e. The number of pyridine rings is 1. The fraction of sp³-hybridized carbons (Fsp3) is 0.500. The molecular formula is C18H22N2OS2.